The van der Waals surface area contributed by atoms with Crippen LogP contribution in [0.5, 0.6) is 11.5 Å². The highest BCUT2D eigenvalue weighted by atomic mass is 16.7. The third kappa shape index (κ3) is 1.95. The van der Waals surface area contributed by atoms with Crippen molar-refractivity contribution in [3.05, 3.63) is 24.4 Å². The average Bonchev–Trinajstić information content (AvgIpc) is 3.17. The molecule has 0 N–H and O–H groups in total. The van der Waals surface area contributed by atoms with Gasteiger partial charge in [-0.25, -0.2) is 0 Å². The number of hydrogen-bond donors (Lipinski definition) is 0. The molecule has 0 aliphatic carbocycles. The Balaban J connectivity index is 1.63. The van der Waals surface area contributed by atoms with E-state index < -0.39 is 0 Å². The SMILES string of the molecule is CC(Cn1ccc2cc3c(cc21)OCO3)N1CCCC1. The topological polar surface area (TPSA) is 26.6 Å². The molecular weight excluding hydrogens is 252 g/mol. The van der Waals surface area contributed by atoms with E-state index in [0.717, 1.165) is 18.0 Å². The lowest BCUT2D eigenvalue weighted by Gasteiger charge is -2.24. The Morgan fingerprint density at radius 3 is 2.70 bits per heavy atom. The molecule has 2 aliphatic rings. The van der Waals surface area contributed by atoms with Gasteiger partial charge in [0.05, 0.1) is 5.52 Å². The molecular formula is C16H20N2O2. The zero-order chi connectivity index (χ0) is 13.5. The third-order valence-electron chi connectivity index (χ3n) is 4.49. The van der Waals surface area contributed by atoms with Crippen LogP contribution in [0.2, 0.25) is 0 Å². The third-order valence-corrected chi connectivity index (χ3v) is 4.49. The molecule has 3 heterocycles. The van der Waals surface area contributed by atoms with Crippen molar-refractivity contribution in [2.75, 3.05) is 19.9 Å². The molecule has 1 unspecified atom stereocenters. The van der Waals surface area contributed by atoms with Crippen LogP contribution in [-0.2, 0) is 6.54 Å². The van der Waals surface area contributed by atoms with E-state index in [2.05, 4.69) is 40.8 Å². The molecule has 0 saturated carbocycles. The molecule has 4 heteroatoms. The minimum absolute atomic E-state index is 0.339. The fraction of sp³-hybridized carbons (Fsp3) is 0.500. The maximum atomic E-state index is 5.49. The van der Waals surface area contributed by atoms with Crippen LogP contribution in [0.15, 0.2) is 24.4 Å². The van der Waals surface area contributed by atoms with E-state index in [1.54, 1.807) is 0 Å². The summed E-state index contributed by atoms with van der Waals surface area (Å²) < 4.78 is 13.3. The molecule has 1 aromatic heterocycles. The van der Waals surface area contributed by atoms with Crippen LogP contribution in [-0.4, -0.2) is 35.4 Å². The van der Waals surface area contributed by atoms with Crippen LogP contribution in [0.4, 0.5) is 0 Å². The summed E-state index contributed by atoms with van der Waals surface area (Å²) >= 11 is 0. The predicted molar refractivity (Wildman–Crippen MR) is 78.3 cm³/mol. The van der Waals surface area contributed by atoms with E-state index >= 15 is 0 Å². The molecule has 20 heavy (non-hydrogen) atoms. The summed E-state index contributed by atoms with van der Waals surface area (Å²) in [6, 6.07) is 6.93. The van der Waals surface area contributed by atoms with Crippen molar-refractivity contribution in [1.29, 1.82) is 0 Å². The van der Waals surface area contributed by atoms with Gasteiger partial charge in [-0.2, -0.15) is 0 Å². The second-order valence-electron chi connectivity index (χ2n) is 5.82. The van der Waals surface area contributed by atoms with Gasteiger partial charge < -0.3 is 14.0 Å². The second kappa shape index (κ2) is 4.70. The van der Waals surface area contributed by atoms with E-state index in [0.29, 0.717) is 12.8 Å². The van der Waals surface area contributed by atoms with Gasteiger partial charge in [0.1, 0.15) is 0 Å². The maximum absolute atomic E-state index is 5.49. The van der Waals surface area contributed by atoms with Gasteiger partial charge in [0, 0.05) is 30.2 Å². The van der Waals surface area contributed by atoms with Gasteiger partial charge in [-0.05, 0) is 45.0 Å². The van der Waals surface area contributed by atoms with Crippen LogP contribution in [0, 0.1) is 0 Å². The molecule has 2 aromatic rings. The van der Waals surface area contributed by atoms with Gasteiger partial charge in [-0.3, -0.25) is 4.90 Å². The van der Waals surface area contributed by atoms with Gasteiger partial charge in [-0.1, -0.05) is 0 Å². The molecule has 4 nitrogen and oxygen atoms in total. The highest BCUT2D eigenvalue weighted by Crippen LogP contribution is 2.36. The van der Waals surface area contributed by atoms with Crippen LogP contribution in [0.3, 0.4) is 0 Å². The quantitative estimate of drug-likeness (QED) is 0.859. The Morgan fingerprint density at radius 2 is 1.90 bits per heavy atom. The molecule has 0 spiro atoms. The Bertz CT molecular complexity index is 629. The molecule has 1 atom stereocenters. The van der Waals surface area contributed by atoms with Gasteiger partial charge in [-0.15, -0.1) is 0 Å². The van der Waals surface area contributed by atoms with Crippen molar-refractivity contribution >= 4 is 10.9 Å². The lowest BCUT2D eigenvalue weighted by atomic mass is 10.2. The molecule has 1 aromatic carbocycles. The molecule has 0 radical (unpaired) electrons. The van der Waals surface area contributed by atoms with Crippen LogP contribution >= 0.6 is 0 Å². The van der Waals surface area contributed by atoms with Gasteiger partial charge in [0.15, 0.2) is 11.5 Å². The van der Waals surface area contributed by atoms with E-state index in [1.165, 1.54) is 36.8 Å². The number of benzene rings is 1. The number of aromatic nitrogens is 1. The number of likely N-dealkylation sites (tertiary alicyclic amines) is 1. The summed E-state index contributed by atoms with van der Waals surface area (Å²) in [6.07, 6.45) is 4.86. The first-order valence-electron chi connectivity index (χ1n) is 7.44. The molecule has 1 saturated heterocycles. The summed E-state index contributed by atoms with van der Waals surface area (Å²) in [5, 5.41) is 1.22. The Kier molecular flexibility index (Phi) is 2.84. The lowest BCUT2D eigenvalue weighted by Crippen LogP contribution is -2.33. The summed E-state index contributed by atoms with van der Waals surface area (Å²) in [7, 11) is 0. The summed E-state index contributed by atoms with van der Waals surface area (Å²) in [5.74, 6) is 1.73. The summed E-state index contributed by atoms with van der Waals surface area (Å²) in [5.41, 5.74) is 1.24. The summed E-state index contributed by atoms with van der Waals surface area (Å²) in [6.45, 7) is 6.18. The standard InChI is InChI=1S/C16H20N2O2/c1-12(17-5-2-3-6-17)10-18-7-4-13-8-15-16(9-14(13)18)20-11-19-15/h4,7-9,12H,2-3,5-6,10-11H2,1H3. The zero-order valence-corrected chi connectivity index (χ0v) is 11.8. The van der Waals surface area contributed by atoms with Crippen molar-refractivity contribution < 1.29 is 9.47 Å². The normalized spacial score (nSPS) is 19.9. The van der Waals surface area contributed by atoms with Crippen LogP contribution in [0.1, 0.15) is 19.8 Å². The Labute approximate surface area is 118 Å². The average molecular weight is 272 g/mol. The first-order valence-corrected chi connectivity index (χ1v) is 7.44. The number of hydrogen-bond acceptors (Lipinski definition) is 3. The molecule has 2 aliphatic heterocycles. The van der Waals surface area contributed by atoms with Gasteiger partial charge >= 0.3 is 0 Å². The largest absolute Gasteiger partial charge is 0.454 e. The number of ether oxygens (including phenoxy) is 2. The molecule has 106 valence electrons. The van der Waals surface area contributed by atoms with Crippen molar-refractivity contribution in [2.24, 2.45) is 0 Å². The van der Waals surface area contributed by atoms with E-state index in [4.69, 9.17) is 9.47 Å². The van der Waals surface area contributed by atoms with Crippen molar-refractivity contribution in [1.82, 2.24) is 9.47 Å². The van der Waals surface area contributed by atoms with Gasteiger partial charge in [0.2, 0.25) is 6.79 Å². The first kappa shape index (κ1) is 12.1. The second-order valence-corrected chi connectivity index (χ2v) is 5.82. The van der Waals surface area contributed by atoms with Crippen molar-refractivity contribution in [3.8, 4) is 11.5 Å². The molecule has 1 fully saturated rings. The Hall–Kier alpha value is -1.68. The Morgan fingerprint density at radius 1 is 1.15 bits per heavy atom. The fourth-order valence-electron chi connectivity index (χ4n) is 3.32. The zero-order valence-electron chi connectivity index (χ0n) is 11.8. The van der Waals surface area contributed by atoms with E-state index in [1.807, 2.05) is 0 Å². The van der Waals surface area contributed by atoms with Crippen LogP contribution < -0.4 is 9.47 Å². The highest BCUT2D eigenvalue weighted by Gasteiger charge is 2.20. The number of rotatable bonds is 3. The molecule has 4 rings (SSSR count). The van der Waals surface area contributed by atoms with E-state index in [-0.39, 0.29) is 0 Å². The smallest absolute Gasteiger partial charge is 0.231 e. The van der Waals surface area contributed by atoms with E-state index in [9.17, 15) is 0 Å². The van der Waals surface area contributed by atoms with Crippen LogP contribution in [0.25, 0.3) is 10.9 Å². The number of fused-ring (bicyclic) bond motifs is 2. The summed E-state index contributed by atoms with van der Waals surface area (Å²) in [4.78, 5) is 2.58. The first-order chi connectivity index (χ1) is 9.81. The fourth-order valence-corrected chi connectivity index (χ4v) is 3.32. The van der Waals surface area contributed by atoms with Gasteiger partial charge in [0.25, 0.3) is 0 Å². The van der Waals surface area contributed by atoms with Crippen molar-refractivity contribution in [2.45, 2.75) is 32.4 Å². The minimum Gasteiger partial charge on any atom is -0.454 e. The maximum Gasteiger partial charge on any atom is 0.231 e. The predicted octanol–water partition coefficient (Wildman–Crippen LogP) is 2.85. The monoisotopic (exact) mass is 272 g/mol. The van der Waals surface area contributed by atoms with Crippen molar-refractivity contribution in [3.63, 3.8) is 0 Å². The molecule has 0 amide bonds. The lowest BCUT2D eigenvalue weighted by molar-refractivity contribution is 0.174. The minimum atomic E-state index is 0.339. The molecule has 0 bridgehead atoms. The highest BCUT2D eigenvalue weighted by molar-refractivity contribution is 5.84. The number of nitrogens with zero attached hydrogens (tertiary/aromatic N) is 2.